The van der Waals surface area contributed by atoms with Crippen LogP contribution >= 0.6 is 0 Å². The van der Waals surface area contributed by atoms with E-state index in [1.165, 1.54) is 25.3 Å². The Labute approximate surface area is 106 Å². The lowest BCUT2D eigenvalue weighted by Crippen LogP contribution is -2.31. The smallest absolute Gasteiger partial charge is 0.127 e. The van der Waals surface area contributed by atoms with Gasteiger partial charge in [-0.2, -0.15) is 5.26 Å². The van der Waals surface area contributed by atoms with Crippen molar-refractivity contribution in [2.24, 2.45) is 0 Å². The van der Waals surface area contributed by atoms with E-state index in [9.17, 15) is 9.50 Å². The molecule has 0 spiro atoms. The van der Waals surface area contributed by atoms with Crippen molar-refractivity contribution in [2.75, 3.05) is 27.3 Å². The third-order valence-electron chi connectivity index (χ3n) is 2.50. The third kappa shape index (κ3) is 4.41. The summed E-state index contributed by atoms with van der Waals surface area (Å²) >= 11 is 0. The van der Waals surface area contributed by atoms with Crippen molar-refractivity contribution >= 4 is 0 Å². The number of hydrogen-bond acceptors (Lipinski definition) is 4. The largest absolute Gasteiger partial charge is 0.389 e. The summed E-state index contributed by atoms with van der Waals surface area (Å²) in [6.45, 7) is 0.956. The molecule has 98 valence electrons. The highest BCUT2D eigenvalue weighted by molar-refractivity contribution is 5.33. The van der Waals surface area contributed by atoms with Gasteiger partial charge in [0.2, 0.25) is 0 Å². The molecule has 18 heavy (non-hydrogen) atoms. The maximum Gasteiger partial charge on any atom is 0.127 e. The van der Waals surface area contributed by atoms with Gasteiger partial charge in [0.25, 0.3) is 0 Å². The molecule has 1 atom stereocenters. The van der Waals surface area contributed by atoms with Gasteiger partial charge in [0, 0.05) is 25.8 Å². The normalized spacial score (nSPS) is 12.4. The quantitative estimate of drug-likeness (QED) is 0.824. The summed E-state index contributed by atoms with van der Waals surface area (Å²) in [5.41, 5.74) is 0.874. The first-order valence-electron chi connectivity index (χ1n) is 5.61. The molecule has 1 rings (SSSR count). The van der Waals surface area contributed by atoms with Crippen LogP contribution < -0.4 is 0 Å². The molecule has 0 bridgehead atoms. The Kier molecular flexibility index (Phi) is 5.72. The number of aliphatic hydroxyl groups is 1. The fourth-order valence-corrected chi connectivity index (χ4v) is 1.73. The number of rotatable bonds is 6. The third-order valence-corrected chi connectivity index (χ3v) is 2.50. The van der Waals surface area contributed by atoms with Gasteiger partial charge in [-0.25, -0.2) is 4.39 Å². The van der Waals surface area contributed by atoms with Crippen LogP contribution in [-0.2, 0) is 11.3 Å². The number of hydrogen-bond donors (Lipinski definition) is 1. The van der Waals surface area contributed by atoms with E-state index >= 15 is 0 Å². The van der Waals surface area contributed by atoms with Crippen LogP contribution in [0.2, 0.25) is 0 Å². The average molecular weight is 252 g/mol. The Hall–Kier alpha value is -1.48. The maximum atomic E-state index is 13.5. The number of benzene rings is 1. The Morgan fingerprint density at radius 1 is 1.56 bits per heavy atom. The van der Waals surface area contributed by atoms with Crippen molar-refractivity contribution in [3.05, 3.63) is 35.1 Å². The summed E-state index contributed by atoms with van der Waals surface area (Å²) in [6.07, 6.45) is -0.609. The van der Waals surface area contributed by atoms with Crippen LogP contribution in [0.5, 0.6) is 0 Å². The molecule has 5 heteroatoms. The zero-order chi connectivity index (χ0) is 13.5. The van der Waals surface area contributed by atoms with E-state index in [1.807, 2.05) is 6.07 Å². The van der Waals surface area contributed by atoms with E-state index in [0.29, 0.717) is 24.2 Å². The first-order chi connectivity index (χ1) is 8.56. The summed E-state index contributed by atoms with van der Waals surface area (Å²) in [6, 6.07) is 6.22. The Bertz CT molecular complexity index is 431. The second-order valence-corrected chi connectivity index (χ2v) is 4.22. The van der Waals surface area contributed by atoms with Gasteiger partial charge in [0.15, 0.2) is 0 Å². The average Bonchev–Trinajstić information content (AvgIpc) is 2.32. The Morgan fingerprint density at radius 3 is 2.89 bits per heavy atom. The van der Waals surface area contributed by atoms with E-state index < -0.39 is 6.10 Å². The molecule has 1 unspecified atom stereocenters. The van der Waals surface area contributed by atoms with Gasteiger partial charge in [-0.1, -0.05) is 0 Å². The summed E-state index contributed by atoms with van der Waals surface area (Å²) in [4.78, 5) is 1.78. The number of methoxy groups -OCH3 is 1. The molecule has 1 N–H and O–H groups in total. The molecule has 0 fully saturated rings. The highest BCUT2D eigenvalue weighted by Gasteiger charge is 2.11. The summed E-state index contributed by atoms with van der Waals surface area (Å²) in [5, 5.41) is 18.3. The second-order valence-electron chi connectivity index (χ2n) is 4.22. The number of likely N-dealkylation sites (N-methyl/N-ethyl adjacent to an activating group) is 1. The zero-order valence-corrected chi connectivity index (χ0v) is 10.6. The number of nitriles is 1. The van der Waals surface area contributed by atoms with Crippen LogP contribution in [0.25, 0.3) is 0 Å². The summed E-state index contributed by atoms with van der Waals surface area (Å²) in [7, 11) is 3.29. The molecular weight excluding hydrogens is 235 g/mol. The molecular formula is C13H17FN2O2. The van der Waals surface area contributed by atoms with E-state index in [0.717, 1.165) is 0 Å². The van der Waals surface area contributed by atoms with Crippen LogP contribution in [0, 0.1) is 17.1 Å². The minimum atomic E-state index is -0.609. The Morgan fingerprint density at radius 2 is 2.28 bits per heavy atom. The lowest BCUT2D eigenvalue weighted by Gasteiger charge is -2.20. The minimum Gasteiger partial charge on any atom is -0.389 e. The summed E-state index contributed by atoms with van der Waals surface area (Å²) in [5.74, 6) is -0.345. The number of ether oxygens (including phenoxy) is 1. The second kappa shape index (κ2) is 7.07. The predicted molar refractivity (Wildman–Crippen MR) is 65.3 cm³/mol. The molecule has 1 aromatic rings. The minimum absolute atomic E-state index is 0.241. The molecule has 0 aliphatic rings. The van der Waals surface area contributed by atoms with Gasteiger partial charge in [-0.15, -0.1) is 0 Å². The molecule has 0 radical (unpaired) electrons. The molecule has 0 amide bonds. The van der Waals surface area contributed by atoms with Gasteiger partial charge in [-0.3, -0.25) is 4.90 Å². The highest BCUT2D eigenvalue weighted by Crippen LogP contribution is 2.12. The fraction of sp³-hybridized carbons (Fsp3) is 0.462. The van der Waals surface area contributed by atoms with E-state index in [-0.39, 0.29) is 12.4 Å². The molecule has 0 saturated carbocycles. The van der Waals surface area contributed by atoms with Crippen LogP contribution in [0.1, 0.15) is 11.1 Å². The van der Waals surface area contributed by atoms with Crippen molar-refractivity contribution in [3.8, 4) is 6.07 Å². The highest BCUT2D eigenvalue weighted by atomic mass is 19.1. The first-order valence-corrected chi connectivity index (χ1v) is 5.61. The topological polar surface area (TPSA) is 56.5 Å². The number of aliphatic hydroxyl groups excluding tert-OH is 1. The van der Waals surface area contributed by atoms with Crippen LogP contribution in [0.3, 0.4) is 0 Å². The van der Waals surface area contributed by atoms with Crippen molar-refractivity contribution in [1.82, 2.24) is 4.90 Å². The van der Waals surface area contributed by atoms with Crippen molar-refractivity contribution < 1.29 is 14.2 Å². The molecule has 0 heterocycles. The van der Waals surface area contributed by atoms with Crippen molar-refractivity contribution in [1.29, 1.82) is 5.26 Å². The van der Waals surface area contributed by atoms with Gasteiger partial charge in [-0.05, 0) is 25.2 Å². The molecule has 1 aromatic carbocycles. The lowest BCUT2D eigenvalue weighted by molar-refractivity contribution is 0.0417. The van der Waals surface area contributed by atoms with Crippen LogP contribution in [0.15, 0.2) is 18.2 Å². The van der Waals surface area contributed by atoms with E-state index in [2.05, 4.69) is 0 Å². The van der Waals surface area contributed by atoms with Gasteiger partial charge >= 0.3 is 0 Å². The number of halogens is 1. The van der Waals surface area contributed by atoms with Crippen LogP contribution in [-0.4, -0.2) is 43.4 Å². The zero-order valence-electron chi connectivity index (χ0n) is 10.6. The standard InChI is InChI=1S/C13H17FN2O2/c1-16(8-12(17)9-18-2)7-11-5-10(6-15)3-4-13(11)14/h3-5,12,17H,7-9H2,1-2H3. The first kappa shape index (κ1) is 14.6. The fourth-order valence-electron chi connectivity index (χ4n) is 1.73. The van der Waals surface area contributed by atoms with E-state index in [1.54, 1.807) is 11.9 Å². The van der Waals surface area contributed by atoms with Gasteiger partial charge in [0.05, 0.1) is 24.3 Å². The van der Waals surface area contributed by atoms with Crippen LogP contribution in [0.4, 0.5) is 4.39 Å². The summed E-state index contributed by atoms with van der Waals surface area (Å²) < 4.78 is 18.3. The molecule has 0 aromatic heterocycles. The molecule has 0 saturated heterocycles. The molecule has 4 nitrogen and oxygen atoms in total. The predicted octanol–water partition coefficient (Wildman–Crippen LogP) is 1.14. The van der Waals surface area contributed by atoms with Gasteiger partial charge < -0.3 is 9.84 Å². The monoisotopic (exact) mass is 252 g/mol. The Balaban J connectivity index is 2.64. The maximum absolute atomic E-state index is 13.5. The lowest BCUT2D eigenvalue weighted by atomic mass is 10.1. The SMILES string of the molecule is COCC(O)CN(C)Cc1cc(C#N)ccc1F. The van der Waals surface area contributed by atoms with Crippen molar-refractivity contribution in [3.63, 3.8) is 0 Å². The van der Waals surface area contributed by atoms with E-state index in [4.69, 9.17) is 10.00 Å². The van der Waals surface area contributed by atoms with Crippen molar-refractivity contribution in [2.45, 2.75) is 12.6 Å². The molecule has 0 aliphatic heterocycles. The number of nitrogens with zero attached hydrogens (tertiary/aromatic N) is 2. The van der Waals surface area contributed by atoms with Gasteiger partial charge in [0.1, 0.15) is 5.82 Å². The molecule has 0 aliphatic carbocycles.